The Kier molecular flexibility index (Phi) is 1.01. The molecule has 2 aliphatic rings. The van der Waals surface area contributed by atoms with Crippen LogP contribution in [-0.4, -0.2) is 0 Å². The minimum atomic E-state index is 1.27. The molecule has 0 aromatic rings. The first-order valence-corrected chi connectivity index (χ1v) is 3.76. The molecule has 0 N–H and O–H groups in total. The molecule has 0 heterocycles. The van der Waals surface area contributed by atoms with Gasteiger partial charge in [-0.2, -0.15) is 0 Å². The Balaban J connectivity index is 2.35. The first kappa shape index (κ1) is 5.28. The van der Waals surface area contributed by atoms with Crippen molar-refractivity contribution >= 4 is 0 Å². The Hall–Kier alpha value is -0.520. The first-order chi connectivity index (χ1) is 4.38. The van der Waals surface area contributed by atoms with E-state index >= 15 is 0 Å². The molecule has 0 amide bonds. The van der Waals surface area contributed by atoms with E-state index < -0.39 is 0 Å². The summed E-state index contributed by atoms with van der Waals surface area (Å²) in [5.74, 6) is 0. The lowest BCUT2D eigenvalue weighted by molar-refractivity contribution is 0.876. The molecule has 0 unspecified atom stereocenters. The van der Waals surface area contributed by atoms with Crippen LogP contribution in [0.5, 0.6) is 0 Å². The smallest absolute Gasteiger partial charge is 0.0127 e. The summed E-state index contributed by atoms with van der Waals surface area (Å²) in [4.78, 5) is 0. The van der Waals surface area contributed by atoms with Gasteiger partial charge < -0.3 is 0 Å². The molecule has 0 saturated carbocycles. The second-order valence-corrected chi connectivity index (χ2v) is 3.03. The molecule has 0 atom stereocenters. The van der Waals surface area contributed by atoms with Crippen LogP contribution in [0.15, 0.2) is 22.8 Å². The van der Waals surface area contributed by atoms with Crippen LogP contribution in [0.4, 0.5) is 0 Å². The van der Waals surface area contributed by atoms with E-state index in [0.29, 0.717) is 0 Å². The van der Waals surface area contributed by atoms with E-state index in [4.69, 9.17) is 0 Å². The quantitative estimate of drug-likeness (QED) is 0.461. The molecule has 2 aliphatic carbocycles. The van der Waals surface area contributed by atoms with Crippen LogP contribution >= 0.6 is 0 Å². The van der Waals surface area contributed by atoms with Gasteiger partial charge in [-0.15, -0.1) is 0 Å². The Morgan fingerprint density at radius 3 is 3.00 bits per heavy atom. The normalized spacial score (nSPS) is 24.8. The molecular formula is C9H12. The molecular weight excluding hydrogens is 108 g/mol. The predicted molar refractivity (Wildman–Crippen MR) is 39.3 cm³/mol. The fourth-order valence-electron chi connectivity index (χ4n) is 1.91. The van der Waals surface area contributed by atoms with Gasteiger partial charge in [0.1, 0.15) is 0 Å². The Morgan fingerprint density at radius 1 is 1.33 bits per heavy atom. The van der Waals surface area contributed by atoms with Crippen molar-refractivity contribution in [3.8, 4) is 0 Å². The zero-order valence-corrected chi connectivity index (χ0v) is 5.91. The molecule has 0 saturated heterocycles. The van der Waals surface area contributed by atoms with Gasteiger partial charge in [0.2, 0.25) is 0 Å². The fraction of sp³-hybridized carbons (Fsp3) is 0.556. The summed E-state index contributed by atoms with van der Waals surface area (Å²) >= 11 is 0. The van der Waals surface area contributed by atoms with Crippen LogP contribution in [-0.2, 0) is 0 Å². The Labute approximate surface area is 56.3 Å². The monoisotopic (exact) mass is 120 g/mol. The molecule has 0 fully saturated rings. The minimum Gasteiger partial charge on any atom is -0.0772 e. The SMILES string of the molecule is CC1=CCC2=C1CCC2. The molecule has 48 valence electrons. The summed E-state index contributed by atoms with van der Waals surface area (Å²) in [5.41, 5.74) is 4.98. The van der Waals surface area contributed by atoms with Crippen molar-refractivity contribution < 1.29 is 0 Å². The molecule has 0 spiro atoms. The summed E-state index contributed by atoms with van der Waals surface area (Å²) in [7, 11) is 0. The molecule has 0 heteroatoms. The highest BCUT2D eigenvalue weighted by Gasteiger charge is 2.18. The third-order valence-corrected chi connectivity index (χ3v) is 2.46. The number of hydrogen-bond donors (Lipinski definition) is 0. The van der Waals surface area contributed by atoms with Gasteiger partial charge >= 0.3 is 0 Å². The summed E-state index contributed by atoms with van der Waals surface area (Å²) < 4.78 is 0. The lowest BCUT2D eigenvalue weighted by Gasteiger charge is -1.94. The van der Waals surface area contributed by atoms with Gasteiger partial charge in [0.05, 0.1) is 0 Å². The van der Waals surface area contributed by atoms with Crippen LogP contribution < -0.4 is 0 Å². The minimum absolute atomic E-state index is 1.27. The fourth-order valence-corrected chi connectivity index (χ4v) is 1.91. The third-order valence-electron chi connectivity index (χ3n) is 2.46. The maximum Gasteiger partial charge on any atom is -0.0127 e. The Morgan fingerprint density at radius 2 is 2.22 bits per heavy atom. The molecule has 0 nitrogen and oxygen atoms in total. The molecule has 0 bridgehead atoms. The molecule has 2 rings (SSSR count). The second kappa shape index (κ2) is 1.73. The van der Waals surface area contributed by atoms with Gasteiger partial charge in [-0.25, -0.2) is 0 Å². The third kappa shape index (κ3) is 0.658. The largest absolute Gasteiger partial charge is 0.0772 e. The predicted octanol–water partition coefficient (Wildman–Crippen LogP) is 2.82. The molecule has 0 aromatic carbocycles. The number of hydrogen-bond acceptors (Lipinski definition) is 0. The zero-order chi connectivity index (χ0) is 6.27. The first-order valence-electron chi connectivity index (χ1n) is 3.76. The second-order valence-electron chi connectivity index (χ2n) is 3.03. The van der Waals surface area contributed by atoms with Crippen molar-refractivity contribution in [3.63, 3.8) is 0 Å². The van der Waals surface area contributed by atoms with Crippen LogP contribution in [0.2, 0.25) is 0 Å². The molecule has 0 aromatic heterocycles. The van der Waals surface area contributed by atoms with Gasteiger partial charge in [0.25, 0.3) is 0 Å². The highest BCUT2D eigenvalue weighted by atomic mass is 14.2. The summed E-state index contributed by atoms with van der Waals surface area (Å²) in [6, 6.07) is 0. The van der Waals surface area contributed by atoms with Crippen molar-refractivity contribution in [1.82, 2.24) is 0 Å². The topological polar surface area (TPSA) is 0 Å². The van der Waals surface area contributed by atoms with Gasteiger partial charge in [-0.05, 0) is 38.2 Å². The maximum absolute atomic E-state index is 2.36. The van der Waals surface area contributed by atoms with Crippen LogP contribution in [0.25, 0.3) is 0 Å². The lowest BCUT2D eigenvalue weighted by atomic mass is 10.1. The van der Waals surface area contributed by atoms with E-state index in [1.807, 2.05) is 0 Å². The van der Waals surface area contributed by atoms with E-state index in [1.165, 1.54) is 25.7 Å². The van der Waals surface area contributed by atoms with Crippen LogP contribution in [0.1, 0.15) is 32.6 Å². The van der Waals surface area contributed by atoms with Crippen LogP contribution in [0.3, 0.4) is 0 Å². The maximum atomic E-state index is 2.36. The van der Waals surface area contributed by atoms with Crippen molar-refractivity contribution in [2.45, 2.75) is 32.6 Å². The number of rotatable bonds is 0. The van der Waals surface area contributed by atoms with Crippen molar-refractivity contribution in [3.05, 3.63) is 22.8 Å². The van der Waals surface area contributed by atoms with Crippen molar-refractivity contribution in [2.24, 2.45) is 0 Å². The molecule has 0 radical (unpaired) electrons. The summed E-state index contributed by atoms with van der Waals surface area (Å²) in [6.45, 7) is 2.24. The van der Waals surface area contributed by atoms with E-state index in [0.717, 1.165) is 0 Å². The van der Waals surface area contributed by atoms with E-state index in [1.54, 1.807) is 16.7 Å². The highest BCUT2D eigenvalue weighted by Crippen LogP contribution is 2.37. The van der Waals surface area contributed by atoms with Crippen molar-refractivity contribution in [1.29, 1.82) is 0 Å². The van der Waals surface area contributed by atoms with E-state index in [9.17, 15) is 0 Å². The molecule has 0 aliphatic heterocycles. The Bertz CT molecular complexity index is 194. The zero-order valence-electron chi connectivity index (χ0n) is 5.91. The lowest BCUT2D eigenvalue weighted by Crippen LogP contribution is -1.75. The average Bonchev–Trinajstić information content (AvgIpc) is 2.35. The van der Waals surface area contributed by atoms with Crippen LogP contribution in [0, 0.1) is 0 Å². The van der Waals surface area contributed by atoms with E-state index in [2.05, 4.69) is 13.0 Å². The summed E-state index contributed by atoms with van der Waals surface area (Å²) in [5, 5.41) is 0. The molecule has 9 heavy (non-hydrogen) atoms. The van der Waals surface area contributed by atoms with Gasteiger partial charge in [-0.1, -0.05) is 17.2 Å². The van der Waals surface area contributed by atoms with Gasteiger partial charge in [0, 0.05) is 0 Å². The van der Waals surface area contributed by atoms with Gasteiger partial charge in [-0.3, -0.25) is 0 Å². The highest BCUT2D eigenvalue weighted by molar-refractivity contribution is 5.43. The summed E-state index contributed by atoms with van der Waals surface area (Å²) in [6.07, 6.45) is 7.78. The number of allylic oxidation sites excluding steroid dienone is 4. The van der Waals surface area contributed by atoms with Crippen molar-refractivity contribution in [2.75, 3.05) is 0 Å². The van der Waals surface area contributed by atoms with E-state index in [-0.39, 0.29) is 0 Å². The average molecular weight is 120 g/mol. The van der Waals surface area contributed by atoms with Gasteiger partial charge in [0.15, 0.2) is 0 Å². The standard InChI is InChI=1S/C9H12/c1-7-5-6-8-3-2-4-9(7)8/h5H,2-4,6H2,1H3.